The predicted octanol–water partition coefficient (Wildman–Crippen LogP) is 1.18. The third-order valence-corrected chi connectivity index (χ3v) is 2.51. The van der Waals surface area contributed by atoms with E-state index in [-0.39, 0.29) is 24.8 Å². The second-order valence-electron chi connectivity index (χ2n) is 3.69. The van der Waals surface area contributed by atoms with Crippen molar-refractivity contribution in [2.24, 2.45) is 0 Å². The molecule has 0 fully saturated rings. The Morgan fingerprint density at radius 1 is 1.33 bits per heavy atom. The molecular weight excluding hydrogens is 254 g/mol. The Morgan fingerprint density at radius 2 is 2.06 bits per heavy atom. The van der Waals surface area contributed by atoms with Crippen molar-refractivity contribution in [2.45, 2.75) is 13.3 Å². The molecule has 1 aromatic carbocycles. The number of rotatable bonds is 5. The van der Waals surface area contributed by atoms with E-state index in [0.29, 0.717) is 22.8 Å². The van der Waals surface area contributed by atoms with Crippen molar-refractivity contribution in [3.8, 4) is 0 Å². The van der Waals surface area contributed by atoms with E-state index in [4.69, 9.17) is 17.3 Å². The molecule has 6 heteroatoms. The zero-order chi connectivity index (χ0) is 13.5. The van der Waals surface area contributed by atoms with Crippen molar-refractivity contribution in [1.29, 1.82) is 0 Å². The summed E-state index contributed by atoms with van der Waals surface area (Å²) in [6.07, 6.45) is 0.236. The largest absolute Gasteiger partial charge is 0.398 e. The second-order valence-corrected chi connectivity index (χ2v) is 4.13. The number of nitrogen functional groups attached to an aromatic ring is 1. The molecule has 1 rings (SSSR count). The topological polar surface area (TPSA) is 84.2 Å². The van der Waals surface area contributed by atoms with Gasteiger partial charge in [-0.05, 0) is 25.1 Å². The van der Waals surface area contributed by atoms with Crippen molar-refractivity contribution in [2.75, 3.05) is 18.8 Å². The number of carbonyl (C=O) groups excluding carboxylic acids is 2. The molecule has 0 bridgehead atoms. The number of anilines is 1. The van der Waals surface area contributed by atoms with Gasteiger partial charge in [0.2, 0.25) is 5.91 Å². The van der Waals surface area contributed by atoms with Crippen LogP contribution in [0.25, 0.3) is 0 Å². The maximum Gasteiger partial charge on any atom is 0.253 e. The van der Waals surface area contributed by atoms with Gasteiger partial charge in [-0.15, -0.1) is 0 Å². The minimum Gasteiger partial charge on any atom is -0.398 e. The number of halogens is 1. The van der Waals surface area contributed by atoms with Crippen LogP contribution in [0.2, 0.25) is 5.02 Å². The molecular formula is C12H16ClN3O2. The smallest absolute Gasteiger partial charge is 0.253 e. The third kappa shape index (κ3) is 4.25. The Kier molecular flexibility index (Phi) is 5.45. The van der Waals surface area contributed by atoms with Crippen molar-refractivity contribution in [3.05, 3.63) is 28.8 Å². The highest BCUT2D eigenvalue weighted by molar-refractivity contribution is 6.31. The minimum absolute atomic E-state index is 0.100. The number of nitrogens with one attached hydrogen (secondary N) is 2. The Morgan fingerprint density at radius 3 is 2.72 bits per heavy atom. The molecule has 0 aliphatic heterocycles. The van der Waals surface area contributed by atoms with Crippen LogP contribution in [-0.2, 0) is 4.79 Å². The highest BCUT2D eigenvalue weighted by Crippen LogP contribution is 2.17. The molecule has 1 aromatic rings. The molecule has 5 nitrogen and oxygen atoms in total. The molecule has 0 aliphatic carbocycles. The molecule has 0 heterocycles. The van der Waals surface area contributed by atoms with Crippen LogP contribution in [0.4, 0.5) is 5.69 Å². The first-order valence-electron chi connectivity index (χ1n) is 5.64. The summed E-state index contributed by atoms with van der Waals surface area (Å²) in [6, 6.07) is 4.68. The summed E-state index contributed by atoms with van der Waals surface area (Å²) < 4.78 is 0. The molecule has 0 saturated heterocycles. The molecule has 0 aromatic heterocycles. The van der Waals surface area contributed by atoms with Gasteiger partial charge in [-0.25, -0.2) is 0 Å². The van der Waals surface area contributed by atoms with Crippen LogP contribution < -0.4 is 16.4 Å². The Hall–Kier alpha value is -1.75. The van der Waals surface area contributed by atoms with Gasteiger partial charge in [0.1, 0.15) is 0 Å². The summed E-state index contributed by atoms with van der Waals surface area (Å²) in [7, 11) is 0. The standard InChI is InChI=1S/C12H16ClN3O2/c1-2-15-11(17)5-6-16-12(18)9-7-8(13)3-4-10(9)14/h3-4,7H,2,5-6,14H2,1H3,(H,15,17)(H,16,18). The van der Waals surface area contributed by atoms with E-state index >= 15 is 0 Å². The number of benzene rings is 1. The van der Waals surface area contributed by atoms with Gasteiger partial charge in [0.15, 0.2) is 0 Å². The van der Waals surface area contributed by atoms with Crippen molar-refractivity contribution >= 4 is 29.1 Å². The molecule has 0 saturated carbocycles. The summed E-state index contributed by atoms with van der Waals surface area (Å²) in [5.74, 6) is -0.434. The van der Waals surface area contributed by atoms with Gasteiger partial charge in [-0.1, -0.05) is 11.6 Å². The first-order valence-corrected chi connectivity index (χ1v) is 6.02. The van der Waals surface area contributed by atoms with Crippen LogP contribution >= 0.6 is 11.6 Å². The monoisotopic (exact) mass is 269 g/mol. The van der Waals surface area contributed by atoms with Crippen LogP contribution in [-0.4, -0.2) is 24.9 Å². The van der Waals surface area contributed by atoms with E-state index in [2.05, 4.69) is 10.6 Å². The van der Waals surface area contributed by atoms with E-state index < -0.39 is 0 Å². The first-order chi connectivity index (χ1) is 8.54. The maximum absolute atomic E-state index is 11.8. The SMILES string of the molecule is CCNC(=O)CCNC(=O)c1cc(Cl)ccc1N. The lowest BCUT2D eigenvalue weighted by atomic mass is 10.1. The Labute approximate surface area is 111 Å². The predicted molar refractivity (Wildman–Crippen MR) is 71.5 cm³/mol. The molecule has 0 spiro atoms. The normalized spacial score (nSPS) is 9.89. The maximum atomic E-state index is 11.8. The minimum atomic E-state index is -0.334. The fourth-order valence-corrected chi connectivity index (χ4v) is 1.57. The van der Waals surface area contributed by atoms with Gasteiger partial charge in [0.05, 0.1) is 5.56 Å². The summed E-state index contributed by atoms with van der Waals surface area (Å²) in [6.45, 7) is 2.67. The first kappa shape index (κ1) is 14.3. The van der Waals surface area contributed by atoms with E-state index in [1.807, 2.05) is 6.92 Å². The molecule has 0 atom stereocenters. The van der Waals surface area contributed by atoms with E-state index in [0.717, 1.165) is 0 Å². The fourth-order valence-electron chi connectivity index (χ4n) is 1.40. The molecule has 2 amide bonds. The summed E-state index contributed by atoms with van der Waals surface area (Å²) in [5, 5.41) is 5.70. The van der Waals surface area contributed by atoms with Crippen LogP contribution in [0.5, 0.6) is 0 Å². The zero-order valence-corrected chi connectivity index (χ0v) is 10.9. The number of hydrogen-bond donors (Lipinski definition) is 3. The van der Waals surface area contributed by atoms with E-state index in [9.17, 15) is 9.59 Å². The molecule has 0 radical (unpaired) electrons. The van der Waals surface area contributed by atoms with Crippen molar-refractivity contribution < 1.29 is 9.59 Å². The van der Waals surface area contributed by atoms with Gasteiger partial charge in [-0.3, -0.25) is 9.59 Å². The molecule has 18 heavy (non-hydrogen) atoms. The van der Waals surface area contributed by atoms with Crippen LogP contribution in [0, 0.1) is 0 Å². The van der Waals surface area contributed by atoms with Crippen molar-refractivity contribution in [1.82, 2.24) is 10.6 Å². The van der Waals surface area contributed by atoms with Crippen LogP contribution in [0.3, 0.4) is 0 Å². The zero-order valence-electron chi connectivity index (χ0n) is 10.1. The van der Waals surface area contributed by atoms with E-state index in [1.54, 1.807) is 12.1 Å². The van der Waals surface area contributed by atoms with Gasteiger partial charge in [0.25, 0.3) is 5.91 Å². The fraction of sp³-hybridized carbons (Fsp3) is 0.333. The Balaban J connectivity index is 2.50. The average molecular weight is 270 g/mol. The quantitative estimate of drug-likeness (QED) is 0.702. The lowest BCUT2D eigenvalue weighted by Gasteiger charge is -2.07. The Bertz CT molecular complexity index is 449. The second kappa shape index (κ2) is 6.86. The lowest BCUT2D eigenvalue weighted by Crippen LogP contribution is -2.30. The molecule has 0 aliphatic rings. The molecule has 4 N–H and O–H groups in total. The van der Waals surface area contributed by atoms with E-state index in [1.165, 1.54) is 6.07 Å². The number of hydrogen-bond acceptors (Lipinski definition) is 3. The summed E-state index contributed by atoms with van der Waals surface area (Å²) in [5.41, 5.74) is 6.35. The summed E-state index contributed by atoms with van der Waals surface area (Å²) >= 11 is 5.79. The van der Waals surface area contributed by atoms with Gasteiger partial charge < -0.3 is 16.4 Å². The third-order valence-electron chi connectivity index (χ3n) is 2.27. The highest BCUT2D eigenvalue weighted by atomic mass is 35.5. The van der Waals surface area contributed by atoms with Gasteiger partial charge in [-0.2, -0.15) is 0 Å². The van der Waals surface area contributed by atoms with Gasteiger partial charge in [0, 0.05) is 30.2 Å². The number of nitrogens with two attached hydrogens (primary N) is 1. The highest BCUT2D eigenvalue weighted by Gasteiger charge is 2.10. The number of amides is 2. The average Bonchev–Trinajstić information content (AvgIpc) is 2.32. The number of carbonyl (C=O) groups is 2. The lowest BCUT2D eigenvalue weighted by molar-refractivity contribution is -0.120. The summed E-state index contributed by atoms with van der Waals surface area (Å²) in [4.78, 5) is 22.9. The van der Waals surface area contributed by atoms with Gasteiger partial charge >= 0.3 is 0 Å². The van der Waals surface area contributed by atoms with Crippen molar-refractivity contribution in [3.63, 3.8) is 0 Å². The molecule has 0 unspecified atom stereocenters. The molecule has 98 valence electrons. The van der Waals surface area contributed by atoms with Crippen LogP contribution in [0.1, 0.15) is 23.7 Å². The van der Waals surface area contributed by atoms with Crippen LogP contribution in [0.15, 0.2) is 18.2 Å².